The van der Waals surface area contributed by atoms with Crippen molar-refractivity contribution in [3.63, 3.8) is 0 Å². The molecule has 208 valence electrons. The van der Waals surface area contributed by atoms with Crippen molar-refractivity contribution in [2.24, 2.45) is 11.8 Å². The summed E-state index contributed by atoms with van der Waals surface area (Å²) in [5.74, 6) is 2.38. The van der Waals surface area contributed by atoms with Crippen LogP contribution < -0.4 is 15.4 Å². The first-order valence-electron chi connectivity index (χ1n) is 14.1. The first-order chi connectivity index (χ1) is 18.8. The van der Waals surface area contributed by atoms with Crippen LogP contribution in [0.2, 0.25) is 0 Å². The Bertz CT molecular complexity index is 1330. The molecule has 3 N–H and O–H groups in total. The van der Waals surface area contributed by atoms with Crippen LogP contribution in [-0.4, -0.2) is 54.7 Å². The van der Waals surface area contributed by atoms with Crippen LogP contribution in [0.5, 0.6) is 5.75 Å². The van der Waals surface area contributed by atoms with Gasteiger partial charge in [-0.1, -0.05) is 37.6 Å². The molecule has 2 aliphatic rings. The van der Waals surface area contributed by atoms with Crippen LogP contribution in [0.4, 0.5) is 0 Å². The van der Waals surface area contributed by atoms with Gasteiger partial charge in [0.1, 0.15) is 17.6 Å². The molecule has 1 aliphatic heterocycles. The molecule has 5 rings (SSSR count). The number of H-pyrrole nitrogens is 1. The average molecular weight is 533 g/mol. The van der Waals surface area contributed by atoms with Crippen LogP contribution in [0.3, 0.4) is 0 Å². The number of para-hydroxylation sites is 1. The minimum Gasteiger partial charge on any atom is -0.493 e. The smallest absolute Gasteiger partial charge is 0.242 e. The Morgan fingerprint density at radius 3 is 2.74 bits per heavy atom. The molecule has 39 heavy (non-hydrogen) atoms. The van der Waals surface area contributed by atoms with Crippen molar-refractivity contribution >= 4 is 22.8 Å². The lowest BCUT2D eigenvalue weighted by molar-refractivity contribution is -0.135. The Kier molecular flexibility index (Phi) is 7.93. The molecule has 1 saturated carbocycles. The first kappa shape index (κ1) is 27.2. The monoisotopic (exact) mass is 532 g/mol. The van der Waals surface area contributed by atoms with E-state index in [1.54, 1.807) is 7.11 Å². The Balaban J connectivity index is 1.40. The molecule has 2 amide bonds. The normalized spacial score (nSPS) is 21.2. The molecule has 8 heteroatoms. The van der Waals surface area contributed by atoms with E-state index in [2.05, 4.69) is 34.7 Å². The van der Waals surface area contributed by atoms with E-state index in [0.717, 1.165) is 53.9 Å². The van der Waals surface area contributed by atoms with E-state index >= 15 is 0 Å². The van der Waals surface area contributed by atoms with Gasteiger partial charge in [0.25, 0.3) is 0 Å². The molecule has 2 heterocycles. The average Bonchev–Trinajstić information content (AvgIpc) is 3.31. The lowest BCUT2D eigenvalue weighted by Crippen LogP contribution is -2.57. The van der Waals surface area contributed by atoms with Crippen molar-refractivity contribution in [3.05, 3.63) is 59.4 Å². The lowest BCUT2D eigenvalue weighted by Gasteiger charge is -2.36. The number of carbonyl (C=O) groups excluding carboxylic acids is 2. The van der Waals surface area contributed by atoms with Crippen LogP contribution in [0.25, 0.3) is 11.0 Å². The SMILES string of the molecule is CCNC(=O)[C@H](NC(=O)C(C)(COC)c1ccc2nc(C[C@H]3c4ccccc4OCC3C)[nH]c2c1)C1CCC1. The molecule has 2 unspecified atom stereocenters. The standard InChI is InChI=1S/C31H40N4O4/c1-5-32-29(36)28(20-9-8-10-20)35-30(37)31(3,18-38-4)21-13-14-24-25(15-21)34-27(33-24)16-23-19(2)17-39-26-12-7-6-11-22(23)26/h6-7,11-15,19-20,23,28H,5,8-10,16-18H2,1-4H3,(H,32,36)(H,33,34)(H,35,37)/t19?,23-,28-,31?/m1/s1. The fraction of sp³-hybridized carbons (Fsp3) is 0.516. The zero-order valence-corrected chi connectivity index (χ0v) is 23.4. The zero-order valence-electron chi connectivity index (χ0n) is 23.4. The maximum Gasteiger partial charge on any atom is 0.242 e. The van der Waals surface area contributed by atoms with Gasteiger partial charge in [0.2, 0.25) is 11.8 Å². The Morgan fingerprint density at radius 1 is 1.23 bits per heavy atom. The summed E-state index contributed by atoms with van der Waals surface area (Å²) in [6, 6.07) is 13.6. The number of aromatic nitrogens is 2. The van der Waals surface area contributed by atoms with Crippen LogP contribution in [0, 0.1) is 11.8 Å². The van der Waals surface area contributed by atoms with Crippen LogP contribution in [0.1, 0.15) is 62.9 Å². The summed E-state index contributed by atoms with van der Waals surface area (Å²) in [5, 5.41) is 5.97. The molecular formula is C31H40N4O4. The number of nitrogens with zero attached hydrogens (tertiary/aromatic N) is 1. The molecule has 0 spiro atoms. The van der Waals surface area contributed by atoms with Gasteiger partial charge >= 0.3 is 0 Å². The number of aromatic amines is 1. The van der Waals surface area contributed by atoms with Gasteiger partial charge in [-0.25, -0.2) is 4.98 Å². The van der Waals surface area contributed by atoms with Crippen molar-refractivity contribution in [1.82, 2.24) is 20.6 Å². The molecule has 3 aromatic rings. The summed E-state index contributed by atoms with van der Waals surface area (Å²) in [4.78, 5) is 35.0. The van der Waals surface area contributed by atoms with Crippen LogP contribution >= 0.6 is 0 Å². The van der Waals surface area contributed by atoms with E-state index in [0.29, 0.717) is 25.0 Å². The molecule has 1 fully saturated rings. The summed E-state index contributed by atoms with van der Waals surface area (Å²) in [6.07, 6.45) is 3.75. The Hall–Kier alpha value is -3.39. The second-order valence-electron chi connectivity index (χ2n) is 11.4. The third-order valence-corrected chi connectivity index (χ3v) is 8.56. The molecule has 0 radical (unpaired) electrons. The molecule has 4 atom stereocenters. The molecule has 1 aromatic heterocycles. The van der Waals surface area contributed by atoms with E-state index in [9.17, 15) is 9.59 Å². The number of hydrogen-bond acceptors (Lipinski definition) is 5. The van der Waals surface area contributed by atoms with E-state index in [1.165, 1.54) is 5.56 Å². The van der Waals surface area contributed by atoms with Crippen molar-refractivity contribution in [2.75, 3.05) is 26.9 Å². The van der Waals surface area contributed by atoms with Crippen LogP contribution in [-0.2, 0) is 26.2 Å². The second kappa shape index (κ2) is 11.4. The lowest BCUT2D eigenvalue weighted by atomic mass is 9.77. The summed E-state index contributed by atoms with van der Waals surface area (Å²) >= 11 is 0. The number of ether oxygens (including phenoxy) is 2. The Morgan fingerprint density at radius 2 is 2.03 bits per heavy atom. The number of hydrogen-bond donors (Lipinski definition) is 3. The number of imidazole rings is 1. The number of amides is 2. The van der Waals surface area contributed by atoms with Gasteiger partial charge in [-0.3, -0.25) is 9.59 Å². The largest absolute Gasteiger partial charge is 0.493 e. The van der Waals surface area contributed by atoms with Crippen molar-refractivity contribution in [3.8, 4) is 5.75 Å². The highest BCUT2D eigenvalue weighted by Gasteiger charge is 2.41. The van der Waals surface area contributed by atoms with Crippen molar-refractivity contribution in [1.29, 1.82) is 0 Å². The highest BCUT2D eigenvalue weighted by Crippen LogP contribution is 2.39. The van der Waals surface area contributed by atoms with Crippen molar-refractivity contribution in [2.45, 2.75) is 63.8 Å². The van der Waals surface area contributed by atoms with E-state index in [1.807, 2.05) is 44.2 Å². The highest BCUT2D eigenvalue weighted by atomic mass is 16.5. The van der Waals surface area contributed by atoms with Gasteiger partial charge in [-0.2, -0.15) is 0 Å². The number of carbonyl (C=O) groups is 2. The number of rotatable bonds is 10. The van der Waals surface area contributed by atoms with E-state index in [4.69, 9.17) is 14.5 Å². The number of nitrogens with one attached hydrogen (secondary N) is 3. The molecule has 1 aliphatic carbocycles. The maximum absolute atomic E-state index is 13.8. The summed E-state index contributed by atoms with van der Waals surface area (Å²) in [6.45, 7) is 7.39. The molecular weight excluding hydrogens is 492 g/mol. The quantitative estimate of drug-likeness (QED) is 0.362. The second-order valence-corrected chi connectivity index (χ2v) is 11.4. The molecule has 2 aromatic carbocycles. The topological polar surface area (TPSA) is 105 Å². The molecule has 0 saturated heterocycles. The first-order valence-corrected chi connectivity index (χ1v) is 14.1. The fourth-order valence-corrected chi connectivity index (χ4v) is 5.91. The summed E-state index contributed by atoms with van der Waals surface area (Å²) in [5.41, 5.74) is 2.80. The number of fused-ring (bicyclic) bond motifs is 2. The number of benzene rings is 2. The predicted molar refractivity (Wildman–Crippen MR) is 151 cm³/mol. The van der Waals surface area contributed by atoms with Crippen LogP contribution in [0.15, 0.2) is 42.5 Å². The third-order valence-electron chi connectivity index (χ3n) is 8.56. The van der Waals surface area contributed by atoms with Crippen molar-refractivity contribution < 1.29 is 19.1 Å². The molecule has 0 bridgehead atoms. The highest BCUT2D eigenvalue weighted by molar-refractivity contribution is 5.94. The summed E-state index contributed by atoms with van der Waals surface area (Å²) < 4.78 is 11.5. The van der Waals surface area contributed by atoms with Gasteiger partial charge in [0.15, 0.2) is 0 Å². The fourth-order valence-electron chi connectivity index (χ4n) is 5.91. The summed E-state index contributed by atoms with van der Waals surface area (Å²) in [7, 11) is 1.60. The Labute approximate surface area is 230 Å². The van der Waals surface area contributed by atoms with Gasteiger partial charge < -0.3 is 25.1 Å². The van der Waals surface area contributed by atoms with Gasteiger partial charge in [0, 0.05) is 26.0 Å². The minimum absolute atomic E-state index is 0.118. The van der Waals surface area contributed by atoms with Gasteiger partial charge in [-0.05, 0) is 67.9 Å². The molecule has 8 nitrogen and oxygen atoms in total. The number of likely N-dealkylation sites (N-methyl/N-ethyl adjacent to an activating group) is 1. The van der Waals surface area contributed by atoms with E-state index in [-0.39, 0.29) is 24.3 Å². The zero-order chi connectivity index (χ0) is 27.6. The predicted octanol–water partition coefficient (Wildman–Crippen LogP) is 4.24. The minimum atomic E-state index is -0.975. The maximum atomic E-state index is 13.8. The van der Waals surface area contributed by atoms with Gasteiger partial charge in [-0.15, -0.1) is 0 Å². The third kappa shape index (κ3) is 5.39. The van der Waals surface area contributed by atoms with Gasteiger partial charge in [0.05, 0.1) is 29.7 Å². The van der Waals surface area contributed by atoms with E-state index < -0.39 is 11.5 Å². The number of methoxy groups -OCH3 is 1.